The summed E-state index contributed by atoms with van der Waals surface area (Å²) in [6, 6.07) is 6.68. The molecule has 0 heterocycles. The van der Waals surface area contributed by atoms with E-state index in [1.54, 1.807) is 31.2 Å². The van der Waals surface area contributed by atoms with Crippen molar-refractivity contribution in [2.75, 3.05) is 12.3 Å². The molecule has 14 heavy (non-hydrogen) atoms. The summed E-state index contributed by atoms with van der Waals surface area (Å²) >= 11 is 0. The lowest BCUT2D eigenvalue weighted by Crippen LogP contribution is -2.07. The zero-order chi connectivity index (χ0) is 10.6. The van der Waals surface area contributed by atoms with Crippen molar-refractivity contribution < 1.29 is 9.53 Å². The molecule has 1 aromatic carbocycles. The van der Waals surface area contributed by atoms with Gasteiger partial charge < -0.3 is 10.5 Å². The van der Waals surface area contributed by atoms with Crippen molar-refractivity contribution >= 4 is 11.7 Å². The quantitative estimate of drug-likeness (QED) is 0.451. The summed E-state index contributed by atoms with van der Waals surface area (Å²) < 4.78 is 4.95. The third-order valence-corrected chi connectivity index (χ3v) is 1.57. The van der Waals surface area contributed by atoms with Crippen molar-refractivity contribution in [1.29, 1.82) is 0 Å². The SMILES string of the molecule is C=C(C)COC(=O)c1cccc(N)c1. The number of nitrogen functional groups attached to an aromatic ring is 1. The van der Waals surface area contributed by atoms with E-state index < -0.39 is 0 Å². The Hall–Kier alpha value is -1.77. The molecule has 1 rings (SSSR count). The number of carbonyl (C=O) groups excluding carboxylic acids is 1. The summed E-state index contributed by atoms with van der Waals surface area (Å²) in [5, 5.41) is 0. The molecule has 0 radical (unpaired) electrons. The highest BCUT2D eigenvalue weighted by atomic mass is 16.5. The maximum absolute atomic E-state index is 11.4. The minimum atomic E-state index is -0.375. The van der Waals surface area contributed by atoms with Crippen LogP contribution in [0.4, 0.5) is 5.69 Å². The predicted molar refractivity (Wildman–Crippen MR) is 56.0 cm³/mol. The number of esters is 1. The molecule has 0 saturated heterocycles. The van der Waals surface area contributed by atoms with Crippen LogP contribution in [0.25, 0.3) is 0 Å². The van der Waals surface area contributed by atoms with Crippen LogP contribution in [-0.4, -0.2) is 12.6 Å². The number of nitrogens with two attached hydrogens (primary N) is 1. The van der Waals surface area contributed by atoms with Gasteiger partial charge in [0, 0.05) is 5.69 Å². The molecular weight excluding hydrogens is 178 g/mol. The van der Waals surface area contributed by atoms with Crippen molar-refractivity contribution in [3.8, 4) is 0 Å². The topological polar surface area (TPSA) is 52.3 Å². The van der Waals surface area contributed by atoms with E-state index in [1.807, 2.05) is 0 Å². The molecule has 0 atom stereocenters. The van der Waals surface area contributed by atoms with E-state index in [0.29, 0.717) is 11.3 Å². The Bertz CT molecular complexity index is 358. The van der Waals surface area contributed by atoms with E-state index in [1.165, 1.54) is 0 Å². The summed E-state index contributed by atoms with van der Waals surface area (Å²) in [5.74, 6) is -0.375. The van der Waals surface area contributed by atoms with Crippen molar-refractivity contribution in [2.45, 2.75) is 6.92 Å². The van der Waals surface area contributed by atoms with Crippen LogP contribution in [0.15, 0.2) is 36.4 Å². The highest BCUT2D eigenvalue weighted by molar-refractivity contribution is 5.90. The first kappa shape index (κ1) is 10.3. The molecule has 0 unspecified atom stereocenters. The molecule has 0 saturated carbocycles. The van der Waals surface area contributed by atoms with Gasteiger partial charge in [-0.05, 0) is 30.7 Å². The van der Waals surface area contributed by atoms with E-state index in [-0.39, 0.29) is 12.6 Å². The van der Waals surface area contributed by atoms with E-state index in [9.17, 15) is 4.79 Å². The first-order valence-corrected chi connectivity index (χ1v) is 4.26. The maximum atomic E-state index is 11.4. The Labute approximate surface area is 83.2 Å². The molecule has 0 bridgehead atoms. The molecule has 0 spiro atoms. The molecule has 0 aliphatic rings. The molecule has 0 aromatic heterocycles. The smallest absolute Gasteiger partial charge is 0.338 e. The van der Waals surface area contributed by atoms with E-state index >= 15 is 0 Å². The molecule has 3 nitrogen and oxygen atoms in total. The summed E-state index contributed by atoms with van der Waals surface area (Å²) in [4.78, 5) is 11.4. The Morgan fingerprint density at radius 2 is 2.29 bits per heavy atom. The van der Waals surface area contributed by atoms with Gasteiger partial charge in [0.25, 0.3) is 0 Å². The van der Waals surface area contributed by atoms with Crippen LogP contribution in [0.2, 0.25) is 0 Å². The molecule has 74 valence electrons. The van der Waals surface area contributed by atoms with Crippen molar-refractivity contribution in [1.82, 2.24) is 0 Å². The lowest BCUT2D eigenvalue weighted by atomic mass is 10.2. The van der Waals surface area contributed by atoms with Gasteiger partial charge in [0.15, 0.2) is 0 Å². The van der Waals surface area contributed by atoms with Gasteiger partial charge in [-0.1, -0.05) is 12.6 Å². The number of anilines is 1. The van der Waals surface area contributed by atoms with E-state index in [2.05, 4.69) is 6.58 Å². The molecular formula is C11H13NO2. The normalized spacial score (nSPS) is 9.50. The standard InChI is InChI=1S/C11H13NO2/c1-8(2)7-14-11(13)9-4-3-5-10(12)6-9/h3-6H,1,7,12H2,2H3. The molecule has 0 amide bonds. The Morgan fingerprint density at radius 1 is 1.57 bits per heavy atom. The van der Waals surface area contributed by atoms with Crippen LogP contribution in [0.1, 0.15) is 17.3 Å². The lowest BCUT2D eigenvalue weighted by Gasteiger charge is -2.04. The van der Waals surface area contributed by atoms with Gasteiger partial charge in [-0.25, -0.2) is 4.79 Å². The van der Waals surface area contributed by atoms with Crippen molar-refractivity contribution in [2.24, 2.45) is 0 Å². The molecule has 0 aliphatic carbocycles. The third kappa shape index (κ3) is 2.94. The van der Waals surface area contributed by atoms with Gasteiger partial charge in [-0.2, -0.15) is 0 Å². The zero-order valence-corrected chi connectivity index (χ0v) is 8.12. The number of rotatable bonds is 3. The van der Waals surface area contributed by atoms with Gasteiger partial charge in [0.2, 0.25) is 0 Å². The number of carbonyl (C=O) groups is 1. The first-order valence-electron chi connectivity index (χ1n) is 4.26. The van der Waals surface area contributed by atoms with Crippen LogP contribution in [0.3, 0.4) is 0 Å². The summed E-state index contributed by atoms with van der Waals surface area (Å²) in [7, 11) is 0. The largest absolute Gasteiger partial charge is 0.458 e. The summed E-state index contributed by atoms with van der Waals surface area (Å²) in [6.07, 6.45) is 0. The van der Waals surface area contributed by atoms with Gasteiger partial charge >= 0.3 is 5.97 Å². The lowest BCUT2D eigenvalue weighted by molar-refractivity contribution is 0.0540. The van der Waals surface area contributed by atoms with Crippen molar-refractivity contribution in [3.63, 3.8) is 0 Å². The summed E-state index contributed by atoms with van der Waals surface area (Å²) in [6.45, 7) is 5.68. The number of hydrogen-bond acceptors (Lipinski definition) is 3. The second-order valence-electron chi connectivity index (χ2n) is 3.16. The number of ether oxygens (including phenoxy) is 1. The van der Waals surface area contributed by atoms with Crippen LogP contribution in [0, 0.1) is 0 Å². The number of benzene rings is 1. The fraction of sp³-hybridized carbons (Fsp3) is 0.182. The van der Waals surface area contributed by atoms with Gasteiger partial charge in [0.05, 0.1) is 5.56 Å². The highest BCUT2D eigenvalue weighted by Gasteiger charge is 2.06. The van der Waals surface area contributed by atoms with Crippen LogP contribution in [0.5, 0.6) is 0 Å². The van der Waals surface area contributed by atoms with Crippen LogP contribution >= 0.6 is 0 Å². The van der Waals surface area contributed by atoms with Crippen molar-refractivity contribution in [3.05, 3.63) is 42.0 Å². The van der Waals surface area contributed by atoms with E-state index in [4.69, 9.17) is 10.5 Å². The van der Waals surface area contributed by atoms with Gasteiger partial charge in [-0.15, -0.1) is 0 Å². The number of hydrogen-bond donors (Lipinski definition) is 1. The third-order valence-electron chi connectivity index (χ3n) is 1.57. The average Bonchev–Trinajstić information content (AvgIpc) is 2.14. The van der Waals surface area contributed by atoms with Crippen LogP contribution < -0.4 is 5.73 Å². The fourth-order valence-electron chi connectivity index (χ4n) is 0.938. The summed E-state index contributed by atoms with van der Waals surface area (Å²) in [5.41, 5.74) is 7.35. The average molecular weight is 191 g/mol. The first-order chi connectivity index (χ1) is 6.59. The minimum absolute atomic E-state index is 0.244. The molecule has 0 aliphatic heterocycles. The molecule has 2 N–H and O–H groups in total. The second-order valence-corrected chi connectivity index (χ2v) is 3.16. The second kappa shape index (κ2) is 4.46. The Morgan fingerprint density at radius 3 is 2.86 bits per heavy atom. The molecule has 3 heteroatoms. The van der Waals surface area contributed by atoms with E-state index in [0.717, 1.165) is 5.57 Å². The van der Waals surface area contributed by atoms with Crippen LogP contribution in [-0.2, 0) is 4.74 Å². The Kier molecular flexibility index (Phi) is 3.29. The minimum Gasteiger partial charge on any atom is -0.458 e. The molecule has 1 aromatic rings. The zero-order valence-electron chi connectivity index (χ0n) is 8.12. The fourth-order valence-corrected chi connectivity index (χ4v) is 0.938. The predicted octanol–water partition coefficient (Wildman–Crippen LogP) is 2.00. The monoisotopic (exact) mass is 191 g/mol. The molecule has 0 fully saturated rings. The van der Waals surface area contributed by atoms with Gasteiger partial charge in [-0.3, -0.25) is 0 Å². The maximum Gasteiger partial charge on any atom is 0.338 e. The highest BCUT2D eigenvalue weighted by Crippen LogP contribution is 2.08. The Balaban J connectivity index is 2.65. The van der Waals surface area contributed by atoms with Gasteiger partial charge in [0.1, 0.15) is 6.61 Å².